The lowest BCUT2D eigenvalue weighted by atomic mass is 10.1. The Morgan fingerprint density at radius 1 is 1.25 bits per heavy atom. The number of hydrogen-bond donors (Lipinski definition) is 2. The van der Waals surface area contributed by atoms with Crippen LogP contribution in [0.3, 0.4) is 0 Å². The number of anilines is 1. The molecule has 1 rings (SSSR count). The van der Waals surface area contributed by atoms with Crippen molar-refractivity contribution < 1.29 is 9.53 Å². The molecule has 112 valence electrons. The zero-order valence-electron chi connectivity index (χ0n) is 12.5. The minimum absolute atomic E-state index is 0.238. The van der Waals surface area contributed by atoms with Gasteiger partial charge >= 0.3 is 0 Å². The van der Waals surface area contributed by atoms with Crippen LogP contribution in [-0.4, -0.2) is 18.6 Å². The summed E-state index contributed by atoms with van der Waals surface area (Å²) in [6.45, 7) is 4.71. The lowest BCUT2D eigenvalue weighted by Crippen LogP contribution is -2.20. The van der Waals surface area contributed by atoms with Gasteiger partial charge in [-0.3, -0.25) is 4.79 Å². The van der Waals surface area contributed by atoms with E-state index in [0.717, 1.165) is 37.1 Å². The Kier molecular flexibility index (Phi) is 7.55. The van der Waals surface area contributed by atoms with E-state index in [1.54, 1.807) is 0 Å². The Morgan fingerprint density at radius 3 is 2.50 bits per heavy atom. The number of para-hydroxylation sites is 2. The third-order valence-electron chi connectivity index (χ3n) is 3.13. The summed E-state index contributed by atoms with van der Waals surface area (Å²) in [7, 11) is 0. The summed E-state index contributed by atoms with van der Waals surface area (Å²) in [6, 6.07) is 8.30. The molecule has 20 heavy (non-hydrogen) atoms. The van der Waals surface area contributed by atoms with Crippen molar-refractivity contribution in [1.82, 2.24) is 0 Å². The van der Waals surface area contributed by atoms with Crippen molar-refractivity contribution in [1.29, 1.82) is 0 Å². The lowest BCUT2D eigenvalue weighted by molar-refractivity contribution is -0.118. The minimum Gasteiger partial charge on any atom is -0.491 e. The van der Waals surface area contributed by atoms with Crippen LogP contribution in [0.4, 0.5) is 5.69 Å². The fourth-order valence-electron chi connectivity index (χ4n) is 2.18. The summed E-state index contributed by atoms with van der Waals surface area (Å²) >= 11 is 0. The van der Waals surface area contributed by atoms with Gasteiger partial charge in [0.05, 0.1) is 18.7 Å². The Hall–Kier alpha value is -1.71. The number of ether oxygens (including phenoxy) is 1. The first-order chi connectivity index (χ1) is 9.67. The van der Waals surface area contributed by atoms with Crippen LogP contribution in [-0.2, 0) is 4.79 Å². The molecule has 3 N–H and O–H groups in total. The number of benzene rings is 1. The van der Waals surface area contributed by atoms with Gasteiger partial charge in [0, 0.05) is 6.04 Å². The highest BCUT2D eigenvalue weighted by molar-refractivity contribution is 5.73. The van der Waals surface area contributed by atoms with E-state index in [4.69, 9.17) is 10.5 Å². The van der Waals surface area contributed by atoms with E-state index in [-0.39, 0.29) is 12.3 Å². The summed E-state index contributed by atoms with van der Waals surface area (Å²) < 4.78 is 5.64. The predicted molar refractivity (Wildman–Crippen MR) is 83.0 cm³/mol. The van der Waals surface area contributed by atoms with Crippen LogP contribution >= 0.6 is 0 Å². The molecule has 0 aliphatic carbocycles. The van der Waals surface area contributed by atoms with Crippen LogP contribution in [0.25, 0.3) is 0 Å². The van der Waals surface area contributed by atoms with E-state index in [9.17, 15) is 4.79 Å². The molecule has 0 atom stereocenters. The van der Waals surface area contributed by atoms with Gasteiger partial charge in [0.25, 0.3) is 0 Å². The molecule has 1 amide bonds. The Labute approximate surface area is 121 Å². The van der Waals surface area contributed by atoms with Gasteiger partial charge in [-0.2, -0.15) is 0 Å². The molecular formula is C16H26N2O2. The molecule has 4 nitrogen and oxygen atoms in total. The second kappa shape index (κ2) is 9.23. The molecule has 0 aromatic heterocycles. The number of nitrogens with one attached hydrogen (secondary N) is 1. The van der Waals surface area contributed by atoms with E-state index in [0.29, 0.717) is 12.6 Å². The number of amides is 1. The zero-order valence-corrected chi connectivity index (χ0v) is 12.5. The fraction of sp³-hybridized carbons (Fsp3) is 0.562. The van der Waals surface area contributed by atoms with Gasteiger partial charge in [0.15, 0.2) is 0 Å². The van der Waals surface area contributed by atoms with Crippen LogP contribution < -0.4 is 15.8 Å². The molecule has 0 bridgehead atoms. The molecule has 0 aliphatic heterocycles. The van der Waals surface area contributed by atoms with Gasteiger partial charge in [0.2, 0.25) is 5.91 Å². The summed E-state index contributed by atoms with van der Waals surface area (Å²) in [5.41, 5.74) is 6.11. The van der Waals surface area contributed by atoms with Crippen LogP contribution in [0.5, 0.6) is 5.75 Å². The van der Waals surface area contributed by atoms with E-state index in [2.05, 4.69) is 19.2 Å². The topological polar surface area (TPSA) is 64.3 Å². The van der Waals surface area contributed by atoms with E-state index in [1.165, 1.54) is 0 Å². The van der Waals surface area contributed by atoms with Gasteiger partial charge in [-0.15, -0.1) is 0 Å². The summed E-state index contributed by atoms with van der Waals surface area (Å²) in [5.74, 6) is 0.441. The van der Waals surface area contributed by atoms with Crippen LogP contribution in [0.2, 0.25) is 0 Å². The molecule has 0 spiro atoms. The smallest absolute Gasteiger partial charge is 0.220 e. The summed E-state index contributed by atoms with van der Waals surface area (Å²) in [6.07, 6.45) is 4.83. The summed E-state index contributed by atoms with van der Waals surface area (Å²) in [5, 5.41) is 3.55. The average Bonchev–Trinajstić information content (AvgIpc) is 2.41. The SMILES string of the molecule is CCCC(CCC)Nc1ccccc1OCCC(N)=O. The van der Waals surface area contributed by atoms with Gasteiger partial charge in [-0.05, 0) is 25.0 Å². The molecular weight excluding hydrogens is 252 g/mol. The van der Waals surface area contributed by atoms with E-state index >= 15 is 0 Å². The van der Waals surface area contributed by atoms with Crippen LogP contribution in [0.1, 0.15) is 46.0 Å². The Morgan fingerprint density at radius 2 is 1.90 bits per heavy atom. The first-order valence-corrected chi connectivity index (χ1v) is 7.44. The molecule has 0 heterocycles. The minimum atomic E-state index is -0.342. The number of carbonyl (C=O) groups excluding carboxylic acids is 1. The number of primary amides is 1. The summed E-state index contributed by atoms with van der Waals surface area (Å²) in [4.78, 5) is 10.7. The van der Waals surface area contributed by atoms with Gasteiger partial charge < -0.3 is 15.8 Å². The number of rotatable bonds is 10. The highest BCUT2D eigenvalue weighted by Gasteiger charge is 2.10. The lowest BCUT2D eigenvalue weighted by Gasteiger charge is -2.21. The molecule has 0 saturated carbocycles. The Balaban J connectivity index is 2.65. The van der Waals surface area contributed by atoms with Crippen LogP contribution in [0, 0.1) is 0 Å². The average molecular weight is 278 g/mol. The number of nitrogens with two attached hydrogens (primary N) is 1. The second-order valence-electron chi connectivity index (χ2n) is 4.98. The third kappa shape index (κ3) is 5.95. The van der Waals surface area contributed by atoms with Crippen molar-refractivity contribution >= 4 is 11.6 Å². The van der Waals surface area contributed by atoms with Gasteiger partial charge in [0.1, 0.15) is 5.75 Å². The second-order valence-corrected chi connectivity index (χ2v) is 4.98. The van der Waals surface area contributed by atoms with Crippen molar-refractivity contribution in [2.24, 2.45) is 5.73 Å². The van der Waals surface area contributed by atoms with Gasteiger partial charge in [-0.1, -0.05) is 38.8 Å². The molecule has 0 fully saturated rings. The van der Waals surface area contributed by atoms with Crippen molar-refractivity contribution in [2.45, 2.75) is 52.0 Å². The van der Waals surface area contributed by atoms with Crippen molar-refractivity contribution in [3.05, 3.63) is 24.3 Å². The Bertz CT molecular complexity index is 401. The first-order valence-electron chi connectivity index (χ1n) is 7.44. The van der Waals surface area contributed by atoms with Gasteiger partial charge in [-0.25, -0.2) is 0 Å². The molecule has 0 radical (unpaired) electrons. The number of carbonyl (C=O) groups is 1. The monoisotopic (exact) mass is 278 g/mol. The van der Waals surface area contributed by atoms with E-state index < -0.39 is 0 Å². The van der Waals surface area contributed by atoms with E-state index in [1.807, 2.05) is 24.3 Å². The van der Waals surface area contributed by atoms with Crippen molar-refractivity contribution in [3.8, 4) is 5.75 Å². The molecule has 1 aromatic carbocycles. The third-order valence-corrected chi connectivity index (χ3v) is 3.13. The molecule has 0 unspecified atom stereocenters. The maximum atomic E-state index is 10.7. The fourth-order valence-corrected chi connectivity index (χ4v) is 2.18. The quantitative estimate of drug-likeness (QED) is 0.690. The maximum absolute atomic E-state index is 10.7. The first kappa shape index (κ1) is 16.3. The molecule has 0 saturated heterocycles. The predicted octanol–water partition coefficient (Wildman–Crippen LogP) is 3.32. The van der Waals surface area contributed by atoms with Crippen molar-refractivity contribution in [2.75, 3.05) is 11.9 Å². The molecule has 4 heteroatoms. The highest BCUT2D eigenvalue weighted by atomic mass is 16.5. The standard InChI is InChI=1S/C16H26N2O2/c1-3-7-13(8-4-2)18-14-9-5-6-10-15(14)20-12-11-16(17)19/h5-6,9-10,13,18H,3-4,7-8,11-12H2,1-2H3,(H2,17,19). The molecule has 0 aliphatic rings. The maximum Gasteiger partial charge on any atom is 0.220 e. The van der Waals surface area contributed by atoms with Crippen molar-refractivity contribution in [3.63, 3.8) is 0 Å². The highest BCUT2D eigenvalue weighted by Crippen LogP contribution is 2.26. The molecule has 1 aromatic rings. The largest absolute Gasteiger partial charge is 0.491 e. The van der Waals surface area contributed by atoms with Crippen LogP contribution in [0.15, 0.2) is 24.3 Å². The number of hydrogen-bond acceptors (Lipinski definition) is 3. The zero-order chi connectivity index (χ0) is 14.8. The normalized spacial score (nSPS) is 10.6.